The molecule has 6 heteroatoms. The minimum Gasteiger partial charge on any atom is -0.381 e. The van der Waals surface area contributed by atoms with Gasteiger partial charge in [-0.3, -0.25) is 4.98 Å². The number of hydrogen-bond acceptors (Lipinski definition) is 3. The minimum absolute atomic E-state index is 0. The van der Waals surface area contributed by atoms with Crippen LogP contribution in [-0.4, -0.2) is 36.7 Å². The molecule has 2 N–H and O–H groups in total. The molecule has 1 saturated carbocycles. The van der Waals surface area contributed by atoms with E-state index in [1.807, 2.05) is 19.2 Å². The van der Waals surface area contributed by atoms with Crippen LogP contribution in [0.3, 0.4) is 0 Å². The number of aliphatic imine (C=N–C) groups is 1. The van der Waals surface area contributed by atoms with Crippen molar-refractivity contribution in [3.05, 3.63) is 29.6 Å². The van der Waals surface area contributed by atoms with Crippen LogP contribution in [0, 0.1) is 12.3 Å². The second-order valence-electron chi connectivity index (χ2n) is 6.48. The molecular formula is C17H29IN4O. The lowest BCUT2D eigenvalue weighted by Gasteiger charge is -2.51. The topological polar surface area (TPSA) is 58.5 Å². The van der Waals surface area contributed by atoms with Crippen molar-refractivity contribution in [2.24, 2.45) is 10.4 Å². The van der Waals surface area contributed by atoms with Crippen molar-refractivity contribution in [2.45, 2.75) is 52.8 Å². The standard InChI is InChI=1S/C17H28N4O.HI/c1-6-18-16(20-11-13-8-7-12(2)19-10-13)21-14-9-15(22-5)17(14,3)4;/h7-8,10,14-15H,6,9,11H2,1-5H3,(H2,18,20,21);1H. The summed E-state index contributed by atoms with van der Waals surface area (Å²) < 4.78 is 5.51. The van der Waals surface area contributed by atoms with Gasteiger partial charge in [0.2, 0.25) is 0 Å². The third-order valence-corrected chi connectivity index (χ3v) is 4.51. The number of nitrogens with one attached hydrogen (secondary N) is 2. The van der Waals surface area contributed by atoms with Gasteiger partial charge in [0.15, 0.2) is 5.96 Å². The summed E-state index contributed by atoms with van der Waals surface area (Å²) in [6.07, 6.45) is 3.21. The number of ether oxygens (including phenoxy) is 1. The van der Waals surface area contributed by atoms with E-state index < -0.39 is 0 Å². The van der Waals surface area contributed by atoms with Gasteiger partial charge in [-0.05, 0) is 31.9 Å². The fourth-order valence-corrected chi connectivity index (χ4v) is 2.78. The van der Waals surface area contributed by atoms with Crippen molar-refractivity contribution in [1.29, 1.82) is 0 Å². The smallest absolute Gasteiger partial charge is 0.191 e. The van der Waals surface area contributed by atoms with Gasteiger partial charge in [0.1, 0.15) is 0 Å². The fraction of sp³-hybridized carbons (Fsp3) is 0.647. The number of rotatable bonds is 5. The lowest BCUT2D eigenvalue weighted by molar-refractivity contribution is -0.0922. The maximum absolute atomic E-state index is 5.51. The van der Waals surface area contributed by atoms with E-state index in [1.165, 1.54) is 0 Å². The zero-order chi connectivity index (χ0) is 16.2. The Labute approximate surface area is 156 Å². The van der Waals surface area contributed by atoms with Gasteiger partial charge < -0.3 is 15.4 Å². The van der Waals surface area contributed by atoms with Gasteiger partial charge in [-0.2, -0.15) is 0 Å². The van der Waals surface area contributed by atoms with Gasteiger partial charge >= 0.3 is 0 Å². The quantitative estimate of drug-likeness (QED) is 0.427. The van der Waals surface area contributed by atoms with Crippen molar-refractivity contribution in [3.63, 3.8) is 0 Å². The summed E-state index contributed by atoms with van der Waals surface area (Å²) in [7, 11) is 1.78. The first-order valence-electron chi connectivity index (χ1n) is 7.96. The molecule has 1 fully saturated rings. The van der Waals surface area contributed by atoms with Crippen molar-refractivity contribution < 1.29 is 4.74 Å². The Balaban J connectivity index is 0.00000264. The van der Waals surface area contributed by atoms with Gasteiger partial charge in [0.25, 0.3) is 0 Å². The number of hydrogen-bond donors (Lipinski definition) is 2. The van der Waals surface area contributed by atoms with Crippen LogP contribution in [0.2, 0.25) is 0 Å². The molecule has 0 radical (unpaired) electrons. The Morgan fingerprint density at radius 2 is 2.17 bits per heavy atom. The van der Waals surface area contributed by atoms with Crippen LogP contribution in [-0.2, 0) is 11.3 Å². The molecule has 1 aromatic heterocycles. The molecule has 1 aromatic rings. The third-order valence-electron chi connectivity index (χ3n) is 4.51. The van der Waals surface area contributed by atoms with Crippen LogP contribution in [0.4, 0.5) is 0 Å². The Kier molecular flexibility index (Phi) is 7.73. The van der Waals surface area contributed by atoms with Crippen LogP contribution in [0.5, 0.6) is 0 Å². The average Bonchev–Trinajstić information content (AvgIpc) is 2.50. The molecule has 5 nitrogen and oxygen atoms in total. The highest BCUT2D eigenvalue weighted by atomic mass is 127. The molecule has 0 saturated heterocycles. The maximum Gasteiger partial charge on any atom is 0.191 e. The maximum atomic E-state index is 5.51. The van der Waals surface area contributed by atoms with E-state index in [-0.39, 0.29) is 29.4 Å². The minimum atomic E-state index is 0. The SMILES string of the molecule is CCNC(=NCc1ccc(C)nc1)NC1CC(OC)C1(C)C.I. The van der Waals surface area contributed by atoms with Crippen molar-refractivity contribution in [3.8, 4) is 0 Å². The van der Waals surface area contributed by atoms with E-state index in [1.54, 1.807) is 7.11 Å². The first-order valence-corrected chi connectivity index (χ1v) is 7.96. The summed E-state index contributed by atoms with van der Waals surface area (Å²) in [6, 6.07) is 4.47. The normalized spacial score (nSPS) is 22.7. The molecule has 1 aliphatic rings. The molecule has 0 spiro atoms. The molecule has 130 valence electrons. The summed E-state index contributed by atoms with van der Waals surface area (Å²) in [6.45, 7) is 10.0. The summed E-state index contributed by atoms with van der Waals surface area (Å²) >= 11 is 0. The number of halogens is 1. The Bertz CT molecular complexity index is 516. The number of guanidine groups is 1. The van der Waals surface area contributed by atoms with E-state index in [0.717, 1.165) is 30.2 Å². The molecule has 0 aliphatic heterocycles. The predicted molar refractivity (Wildman–Crippen MR) is 105 cm³/mol. The molecule has 1 heterocycles. The van der Waals surface area contributed by atoms with Gasteiger partial charge in [0, 0.05) is 37.0 Å². The first kappa shape index (κ1) is 20.2. The summed E-state index contributed by atoms with van der Waals surface area (Å²) in [5.41, 5.74) is 2.26. The van der Waals surface area contributed by atoms with Crippen LogP contribution in [0.1, 0.15) is 38.4 Å². The van der Waals surface area contributed by atoms with Crippen LogP contribution >= 0.6 is 24.0 Å². The Morgan fingerprint density at radius 3 is 2.70 bits per heavy atom. The number of nitrogens with zero attached hydrogens (tertiary/aromatic N) is 2. The Morgan fingerprint density at radius 1 is 1.43 bits per heavy atom. The molecule has 2 atom stereocenters. The lowest BCUT2D eigenvalue weighted by Crippen LogP contribution is -2.63. The third kappa shape index (κ3) is 5.04. The monoisotopic (exact) mass is 432 g/mol. The highest BCUT2D eigenvalue weighted by molar-refractivity contribution is 14.0. The van der Waals surface area contributed by atoms with Crippen LogP contribution in [0.25, 0.3) is 0 Å². The van der Waals surface area contributed by atoms with Gasteiger partial charge in [-0.1, -0.05) is 19.9 Å². The summed E-state index contributed by atoms with van der Waals surface area (Å²) in [5, 5.41) is 6.84. The zero-order valence-corrected chi connectivity index (χ0v) is 17.0. The molecule has 2 rings (SSSR count). The molecule has 1 aliphatic carbocycles. The van der Waals surface area contributed by atoms with Gasteiger partial charge in [0.05, 0.1) is 12.6 Å². The van der Waals surface area contributed by atoms with Crippen LogP contribution in [0.15, 0.2) is 23.3 Å². The second-order valence-corrected chi connectivity index (χ2v) is 6.48. The Hall–Kier alpha value is -0.890. The van der Waals surface area contributed by atoms with E-state index in [9.17, 15) is 0 Å². The fourth-order valence-electron chi connectivity index (χ4n) is 2.78. The summed E-state index contributed by atoms with van der Waals surface area (Å²) in [5.74, 6) is 0.857. The highest BCUT2D eigenvalue weighted by Crippen LogP contribution is 2.42. The average molecular weight is 432 g/mol. The predicted octanol–water partition coefficient (Wildman–Crippen LogP) is 2.88. The number of pyridine rings is 1. The highest BCUT2D eigenvalue weighted by Gasteiger charge is 2.48. The molecule has 2 unspecified atom stereocenters. The van der Waals surface area contributed by atoms with Crippen LogP contribution < -0.4 is 10.6 Å². The molecule has 23 heavy (non-hydrogen) atoms. The molecule has 0 bridgehead atoms. The molecular weight excluding hydrogens is 403 g/mol. The molecule has 0 aromatic carbocycles. The van der Waals surface area contributed by atoms with Crippen molar-refractivity contribution in [1.82, 2.24) is 15.6 Å². The van der Waals surface area contributed by atoms with Crippen molar-refractivity contribution in [2.75, 3.05) is 13.7 Å². The van der Waals surface area contributed by atoms with E-state index >= 15 is 0 Å². The number of methoxy groups -OCH3 is 1. The van der Waals surface area contributed by atoms with Gasteiger partial charge in [-0.15, -0.1) is 24.0 Å². The van der Waals surface area contributed by atoms with Crippen molar-refractivity contribution >= 4 is 29.9 Å². The zero-order valence-electron chi connectivity index (χ0n) is 14.7. The van der Waals surface area contributed by atoms with E-state index in [4.69, 9.17) is 4.74 Å². The van der Waals surface area contributed by atoms with E-state index in [0.29, 0.717) is 18.7 Å². The molecule has 0 amide bonds. The first-order chi connectivity index (χ1) is 10.5. The summed E-state index contributed by atoms with van der Waals surface area (Å²) in [4.78, 5) is 8.97. The second kappa shape index (κ2) is 8.82. The number of aryl methyl sites for hydroxylation is 1. The number of aromatic nitrogens is 1. The lowest BCUT2D eigenvalue weighted by atomic mass is 9.64. The largest absolute Gasteiger partial charge is 0.381 e. The van der Waals surface area contributed by atoms with Gasteiger partial charge in [-0.25, -0.2) is 4.99 Å². The van der Waals surface area contributed by atoms with E-state index in [2.05, 4.69) is 47.4 Å².